The SMILES string of the molecule is CNCC1CCCN(C(C)c2cc(OC)ccc2O)C1. The van der Waals surface area contributed by atoms with Crippen molar-refractivity contribution in [1.29, 1.82) is 0 Å². The summed E-state index contributed by atoms with van der Waals surface area (Å²) in [4.78, 5) is 2.46. The van der Waals surface area contributed by atoms with Crippen LogP contribution in [0.5, 0.6) is 11.5 Å². The Hall–Kier alpha value is -1.26. The van der Waals surface area contributed by atoms with Gasteiger partial charge in [-0.15, -0.1) is 0 Å². The fourth-order valence-corrected chi connectivity index (χ4v) is 3.10. The van der Waals surface area contributed by atoms with Gasteiger partial charge in [-0.2, -0.15) is 0 Å². The Bertz CT molecular complexity index is 434. The van der Waals surface area contributed by atoms with Crippen LogP contribution >= 0.6 is 0 Å². The fourth-order valence-electron chi connectivity index (χ4n) is 3.10. The number of ether oxygens (including phenoxy) is 1. The lowest BCUT2D eigenvalue weighted by atomic mass is 9.95. The zero-order chi connectivity index (χ0) is 14.5. The first-order valence-electron chi connectivity index (χ1n) is 7.41. The average molecular weight is 278 g/mol. The third-order valence-corrected chi connectivity index (χ3v) is 4.28. The summed E-state index contributed by atoms with van der Waals surface area (Å²) in [6.07, 6.45) is 2.51. The average Bonchev–Trinajstić information content (AvgIpc) is 2.48. The second kappa shape index (κ2) is 6.95. The molecule has 1 aliphatic rings. The number of hydrogen-bond donors (Lipinski definition) is 2. The smallest absolute Gasteiger partial charge is 0.120 e. The van der Waals surface area contributed by atoms with Gasteiger partial charge in [-0.3, -0.25) is 4.90 Å². The highest BCUT2D eigenvalue weighted by atomic mass is 16.5. The van der Waals surface area contributed by atoms with E-state index >= 15 is 0 Å². The number of piperidine rings is 1. The summed E-state index contributed by atoms with van der Waals surface area (Å²) in [6.45, 7) is 5.40. The molecule has 0 amide bonds. The largest absolute Gasteiger partial charge is 0.508 e. The monoisotopic (exact) mass is 278 g/mol. The molecule has 4 heteroatoms. The molecule has 1 saturated heterocycles. The number of methoxy groups -OCH3 is 1. The summed E-state index contributed by atoms with van der Waals surface area (Å²) < 4.78 is 5.27. The normalized spacial score (nSPS) is 21.6. The number of aromatic hydroxyl groups is 1. The Morgan fingerprint density at radius 3 is 3.00 bits per heavy atom. The summed E-state index contributed by atoms with van der Waals surface area (Å²) in [5.74, 6) is 1.85. The van der Waals surface area contributed by atoms with E-state index in [2.05, 4.69) is 17.1 Å². The highest BCUT2D eigenvalue weighted by Gasteiger charge is 2.25. The molecular formula is C16H26N2O2. The predicted octanol–water partition coefficient (Wildman–Crippen LogP) is 2.39. The fraction of sp³-hybridized carbons (Fsp3) is 0.625. The Morgan fingerprint density at radius 2 is 2.30 bits per heavy atom. The second-order valence-corrected chi connectivity index (χ2v) is 5.66. The van der Waals surface area contributed by atoms with Crippen LogP contribution in [0.25, 0.3) is 0 Å². The van der Waals surface area contributed by atoms with Crippen LogP contribution in [-0.2, 0) is 0 Å². The van der Waals surface area contributed by atoms with Gasteiger partial charge in [0.05, 0.1) is 7.11 Å². The Labute approximate surface area is 121 Å². The zero-order valence-corrected chi connectivity index (χ0v) is 12.7. The molecule has 0 radical (unpaired) electrons. The lowest BCUT2D eigenvalue weighted by molar-refractivity contribution is 0.130. The van der Waals surface area contributed by atoms with E-state index in [0.717, 1.165) is 30.9 Å². The quantitative estimate of drug-likeness (QED) is 0.868. The molecule has 0 aromatic heterocycles. The molecule has 112 valence electrons. The maximum absolute atomic E-state index is 10.1. The maximum atomic E-state index is 10.1. The van der Waals surface area contributed by atoms with Crippen LogP contribution in [0.2, 0.25) is 0 Å². The maximum Gasteiger partial charge on any atom is 0.120 e. The van der Waals surface area contributed by atoms with Gasteiger partial charge in [0.25, 0.3) is 0 Å². The van der Waals surface area contributed by atoms with E-state index in [0.29, 0.717) is 11.7 Å². The number of hydrogen-bond acceptors (Lipinski definition) is 4. The summed E-state index contributed by atoms with van der Waals surface area (Å²) in [5, 5.41) is 13.4. The van der Waals surface area contributed by atoms with Crippen molar-refractivity contribution in [3.05, 3.63) is 23.8 Å². The van der Waals surface area contributed by atoms with E-state index in [1.165, 1.54) is 12.8 Å². The minimum Gasteiger partial charge on any atom is -0.508 e. The van der Waals surface area contributed by atoms with Crippen molar-refractivity contribution < 1.29 is 9.84 Å². The lowest BCUT2D eigenvalue weighted by Gasteiger charge is -2.37. The molecule has 1 aromatic carbocycles. The van der Waals surface area contributed by atoms with Gasteiger partial charge in [0.15, 0.2) is 0 Å². The topological polar surface area (TPSA) is 44.7 Å². The van der Waals surface area contributed by atoms with Crippen molar-refractivity contribution in [2.24, 2.45) is 5.92 Å². The minimum atomic E-state index is 0.213. The molecule has 4 nitrogen and oxygen atoms in total. The highest BCUT2D eigenvalue weighted by Crippen LogP contribution is 2.33. The Morgan fingerprint density at radius 1 is 1.50 bits per heavy atom. The number of phenols is 1. The van der Waals surface area contributed by atoms with Gasteiger partial charge in [0, 0.05) is 18.2 Å². The van der Waals surface area contributed by atoms with Crippen LogP contribution in [0.3, 0.4) is 0 Å². The van der Waals surface area contributed by atoms with E-state index in [4.69, 9.17) is 4.74 Å². The van der Waals surface area contributed by atoms with Gasteiger partial charge in [-0.25, -0.2) is 0 Å². The van der Waals surface area contributed by atoms with Crippen LogP contribution in [0.4, 0.5) is 0 Å². The zero-order valence-electron chi connectivity index (χ0n) is 12.7. The number of nitrogens with zero attached hydrogens (tertiary/aromatic N) is 1. The number of likely N-dealkylation sites (tertiary alicyclic amines) is 1. The Kier molecular flexibility index (Phi) is 5.26. The van der Waals surface area contributed by atoms with Crippen molar-refractivity contribution in [3.8, 4) is 11.5 Å². The first kappa shape index (κ1) is 15.1. The van der Waals surface area contributed by atoms with Gasteiger partial charge in [-0.1, -0.05) is 0 Å². The molecule has 0 aliphatic carbocycles. The minimum absolute atomic E-state index is 0.213. The van der Waals surface area contributed by atoms with Gasteiger partial charge in [-0.05, 0) is 64.0 Å². The standard InChI is InChI=1S/C16H26N2O2/c1-12(15-9-14(20-3)6-7-16(15)19)18-8-4-5-13(11-18)10-17-2/h6-7,9,12-13,17,19H,4-5,8,10-11H2,1-3H3. The van der Waals surface area contributed by atoms with Gasteiger partial charge >= 0.3 is 0 Å². The van der Waals surface area contributed by atoms with Gasteiger partial charge in [0.1, 0.15) is 11.5 Å². The van der Waals surface area contributed by atoms with Crippen molar-refractivity contribution in [2.75, 3.05) is 33.8 Å². The van der Waals surface area contributed by atoms with E-state index < -0.39 is 0 Å². The van der Waals surface area contributed by atoms with Crippen molar-refractivity contribution in [2.45, 2.75) is 25.8 Å². The van der Waals surface area contributed by atoms with Crippen LogP contribution in [0.1, 0.15) is 31.4 Å². The molecule has 0 saturated carbocycles. The van der Waals surface area contributed by atoms with Crippen LogP contribution in [0.15, 0.2) is 18.2 Å². The first-order chi connectivity index (χ1) is 9.65. The van der Waals surface area contributed by atoms with Gasteiger partial charge in [0.2, 0.25) is 0 Å². The molecule has 1 heterocycles. The number of nitrogens with one attached hydrogen (secondary N) is 1. The molecule has 2 rings (SSSR count). The third-order valence-electron chi connectivity index (χ3n) is 4.28. The molecule has 1 aromatic rings. The van der Waals surface area contributed by atoms with Crippen LogP contribution in [-0.4, -0.2) is 43.8 Å². The second-order valence-electron chi connectivity index (χ2n) is 5.66. The van der Waals surface area contributed by atoms with Crippen LogP contribution < -0.4 is 10.1 Å². The van der Waals surface area contributed by atoms with Crippen molar-refractivity contribution in [3.63, 3.8) is 0 Å². The molecule has 2 N–H and O–H groups in total. The molecular weight excluding hydrogens is 252 g/mol. The molecule has 2 unspecified atom stereocenters. The van der Waals surface area contributed by atoms with E-state index in [-0.39, 0.29) is 6.04 Å². The molecule has 1 aliphatic heterocycles. The molecule has 0 bridgehead atoms. The Balaban J connectivity index is 2.11. The third kappa shape index (κ3) is 3.44. The van der Waals surface area contributed by atoms with Crippen molar-refractivity contribution in [1.82, 2.24) is 10.2 Å². The van der Waals surface area contributed by atoms with E-state index in [9.17, 15) is 5.11 Å². The number of rotatable bonds is 5. The molecule has 20 heavy (non-hydrogen) atoms. The number of phenolic OH excluding ortho intramolecular Hbond substituents is 1. The summed E-state index contributed by atoms with van der Waals surface area (Å²) in [6, 6.07) is 5.68. The van der Waals surface area contributed by atoms with Crippen LogP contribution in [0, 0.1) is 5.92 Å². The first-order valence-corrected chi connectivity index (χ1v) is 7.41. The summed E-state index contributed by atoms with van der Waals surface area (Å²) >= 11 is 0. The molecule has 1 fully saturated rings. The van der Waals surface area contributed by atoms with Gasteiger partial charge < -0.3 is 15.2 Å². The summed E-state index contributed by atoms with van der Waals surface area (Å²) in [5.41, 5.74) is 0.953. The van der Waals surface area contributed by atoms with E-state index in [1.54, 1.807) is 19.2 Å². The highest BCUT2D eigenvalue weighted by molar-refractivity contribution is 5.41. The summed E-state index contributed by atoms with van der Waals surface area (Å²) in [7, 11) is 3.67. The lowest BCUT2D eigenvalue weighted by Crippen LogP contribution is -2.40. The molecule has 2 atom stereocenters. The van der Waals surface area contributed by atoms with E-state index in [1.807, 2.05) is 13.1 Å². The predicted molar refractivity (Wildman–Crippen MR) is 81.3 cm³/mol. The van der Waals surface area contributed by atoms with Crippen molar-refractivity contribution >= 4 is 0 Å². The molecule has 0 spiro atoms. The number of benzene rings is 1.